The van der Waals surface area contributed by atoms with Gasteiger partial charge in [0.25, 0.3) is 0 Å². The molecule has 2 amide bonds. The number of hydrogen-bond acceptors (Lipinski definition) is 6. The Kier molecular flexibility index (Phi) is 6.28. The zero-order valence-corrected chi connectivity index (χ0v) is 16.0. The number of aromatic nitrogens is 3. The van der Waals surface area contributed by atoms with Gasteiger partial charge in [0, 0.05) is 19.4 Å². The molecular weight excluding hydrogens is 362 g/mol. The second-order valence-corrected chi connectivity index (χ2v) is 6.08. The number of H-pyrrole nitrogens is 1. The standard InChI is InChI=1S/C19H23N5O4/c1-12(13-4-6-14(27-3)7-5-13)21-19(25)22-17-10-16-15(11-20-17)18(24-23-16)28-9-8-26-2/h4-7,10-12H,8-9H2,1-3H3,(H,23,24)(H2,20,21,22,25). The van der Waals surface area contributed by atoms with E-state index in [9.17, 15) is 4.79 Å². The Hall–Kier alpha value is -3.33. The van der Waals surface area contributed by atoms with E-state index in [2.05, 4.69) is 25.8 Å². The molecule has 9 heteroatoms. The summed E-state index contributed by atoms with van der Waals surface area (Å²) in [4.78, 5) is 16.5. The number of carbonyl (C=O) groups is 1. The third-order valence-electron chi connectivity index (χ3n) is 4.14. The number of fused-ring (bicyclic) bond motifs is 1. The van der Waals surface area contributed by atoms with Crippen LogP contribution < -0.4 is 20.1 Å². The van der Waals surface area contributed by atoms with Gasteiger partial charge in [-0.1, -0.05) is 12.1 Å². The van der Waals surface area contributed by atoms with E-state index in [4.69, 9.17) is 14.2 Å². The van der Waals surface area contributed by atoms with Crippen LogP contribution in [0.5, 0.6) is 11.6 Å². The van der Waals surface area contributed by atoms with E-state index in [-0.39, 0.29) is 12.1 Å². The van der Waals surface area contributed by atoms with Crippen LogP contribution in [0.3, 0.4) is 0 Å². The number of amides is 2. The average molecular weight is 385 g/mol. The fourth-order valence-corrected chi connectivity index (χ4v) is 2.61. The molecule has 0 bridgehead atoms. The lowest BCUT2D eigenvalue weighted by atomic mass is 10.1. The van der Waals surface area contributed by atoms with Crippen molar-refractivity contribution in [2.24, 2.45) is 0 Å². The smallest absolute Gasteiger partial charge is 0.320 e. The normalized spacial score (nSPS) is 11.8. The van der Waals surface area contributed by atoms with Gasteiger partial charge in [0.15, 0.2) is 0 Å². The second kappa shape index (κ2) is 9.05. The van der Waals surface area contributed by atoms with Crippen molar-refractivity contribution in [1.29, 1.82) is 0 Å². The maximum Gasteiger partial charge on any atom is 0.320 e. The van der Waals surface area contributed by atoms with Crippen molar-refractivity contribution in [2.75, 3.05) is 32.8 Å². The third kappa shape index (κ3) is 4.68. The Balaban J connectivity index is 1.60. The first kappa shape index (κ1) is 19.4. The van der Waals surface area contributed by atoms with Gasteiger partial charge >= 0.3 is 6.03 Å². The summed E-state index contributed by atoms with van der Waals surface area (Å²) in [5, 5.41) is 13.3. The van der Waals surface area contributed by atoms with Crippen LogP contribution in [0.15, 0.2) is 36.5 Å². The van der Waals surface area contributed by atoms with Crippen LogP contribution in [0.4, 0.5) is 10.6 Å². The molecule has 3 rings (SSSR count). The predicted molar refractivity (Wildman–Crippen MR) is 105 cm³/mol. The quantitative estimate of drug-likeness (QED) is 0.514. The van der Waals surface area contributed by atoms with Crippen molar-refractivity contribution in [3.05, 3.63) is 42.1 Å². The molecular formula is C19H23N5O4. The van der Waals surface area contributed by atoms with Crippen LogP contribution in [0, 0.1) is 0 Å². The number of anilines is 1. The molecule has 0 spiro atoms. The number of pyridine rings is 1. The number of nitrogens with one attached hydrogen (secondary N) is 3. The summed E-state index contributed by atoms with van der Waals surface area (Å²) >= 11 is 0. The van der Waals surface area contributed by atoms with Crippen LogP contribution in [0.25, 0.3) is 10.9 Å². The highest BCUT2D eigenvalue weighted by Crippen LogP contribution is 2.23. The molecule has 1 unspecified atom stereocenters. The maximum atomic E-state index is 12.3. The van der Waals surface area contributed by atoms with E-state index in [1.165, 1.54) is 0 Å². The predicted octanol–water partition coefficient (Wildman–Crippen LogP) is 2.87. The minimum absolute atomic E-state index is 0.178. The summed E-state index contributed by atoms with van der Waals surface area (Å²) in [5.74, 6) is 1.62. The number of hydrogen-bond donors (Lipinski definition) is 3. The Morgan fingerprint density at radius 1 is 1.21 bits per heavy atom. The summed E-state index contributed by atoms with van der Waals surface area (Å²) in [6, 6.07) is 8.68. The number of rotatable bonds is 8. The van der Waals surface area contributed by atoms with Gasteiger partial charge in [-0.15, -0.1) is 5.10 Å². The summed E-state index contributed by atoms with van der Waals surface area (Å²) in [7, 11) is 3.22. The van der Waals surface area contributed by atoms with Crippen LogP contribution >= 0.6 is 0 Å². The Morgan fingerprint density at radius 3 is 2.71 bits per heavy atom. The number of nitrogens with zero attached hydrogens (tertiary/aromatic N) is 2. The van der Waals surface area contributed by atoms with Crippen LogP contribution in [-0.2, 0) is 4.74 Å². The van der Waals surface area contributed by atoms with E-state index in [1.54, 1.807) is 26.5 Å². The van der Waals surface area contributed by atoms with Gasteiger partial charge in [0.1, 0.15) is 18.2 Å². The lowest BCUT2D eigenvalue weighted by Gasteiger charge is -2.15. The topological polar surface area (TPSA) is 110 Å². The van der Waals surface area contributed by atoms with Gasteiger partial charge < -0.3 is 19.5 Å². The van der Waals surface area contributed by atoms with Gasteiger partial charge in [-0.3, -0.25) is 10.4 Å². The Morgan fingerprint density at radius 2 is 2.00 bits per heavy atom. The summed E-state index contributed by atoms with van der Waals surface area (Å²) < 4.78 is 15.6. The molecule has 0 aliphatic heterocycles. The van der Waals surface area contributed by atoms with E-state index in [0.29, 0.717) is 30.4 Å². The highest BCUT2D eigenvalue weighted by atomic mass is 16.5. The molecule has 1 atom stereocenters. The summed E-state index contributed by atoms with van der Waals surface area (Å²) in [5.41, 5.74) is 1.67. The minimum Gasteiger partial charge on any atom is -0.497 e. The molecule has 148 valence electrons. The number of benzene rings is 1. The van der Waals surface area contributed by atoms with Gasteiger partial charge in [-0.2, -0.15) is 0 Å². The van der Waals surface area contributed by atoms with E-state index >= 15 is 0 Å². The number of carbonyl (C=O) groups excluding carboxylic acids is 1. The van der Waals surface area contributed by atoms with Crippen LogP contribution in [0.1, 0.15) is 18.5 Å². The number of ether oxygens (including phenoxy) is 3. The SMILES string of the molecule is COCCOc1n[nH]c2cc(NC(=O)NC(C)c3ccc(OC)cc3)ncc12. The fourth-order valence-electron chi connectivity index (χ4n) is 2.61. The van der Waals surface area contributed by atoms with Crippen LogP contribution in [-0.4, -0.2) is 48.6 Å². The van der Waals surface area contributed by atoms with Gasteiger partial charge in [-0.25, -0.2) is 9.78 Å². The van der Waals surface area contributed by atoms with Crippen molar-refractivity contribution in [3.63, 3.8) is 0 Å². The molecule has 9 nitrogen and oxygen atoms in total. The molecule has 0 saturated carbocycles. The van der Waals surface area contributed by atoms with Crippen molar-refractivity contribution in [3.8, 4) is 11.6 Å². The summed E-state index contributed by atoms with van der Waals surface area (Å²) in [6.45, 7) is 2.76. The molecule has 0 fully saturated rings. The molecule has 0 radical (unpaired) electrons. The molecule has 28 heavy (non-hydrogen) atoms. The van der Waals surface area contributed by atoms with E-state index in [0.717, 1.165) is 16.7 Å². The lowest BCUT2D eigenvalue weighted by molar-refractivity contribution is 0.144. The first-order valence-corrected chi connectivity index (χ1v) is 8.78. The second-order valence-electron chi connectivity index (χ2n) is 6.08. The first-order chi connectivity index (χ1) is 13.6. The van der Waals surface area contributed by atoms with Crippen molar-refractivity contribution < 1.29 is 19.0 Å². The highest BCUT2D eigenvalue weighted by molar-refractivity contribution is 5.92. The summed E-state index contributed by atoms with van der Waals surface area (Å²) in [6.07, 6.45) is 1.60. The third-order valence-corrected chi connectivity index (χ3v) is 4.14. The van der Waals surface area contributed by atoms with Gasteiger partial charge in [-0.05, 0) is 24.6 Å². The van der Waals surface area contributed by atoms with Crippen molar-refractivity contribution >= 4 is 22.8 Å². The van der Waals surface area contributed by atoms with Gasteiger partial charge in [0.2, 0.25) is 5.88 Å². The van der Waals surface area contributed by atoms with Crippen LogP contribution in [0.2, 0.25) is 0 Å². The molecule has 0 aliphatic carbocycles. The average Bonchev–Trinajstić information content (AvgIpc) is 3.10. The van der Waals surface area contributed by atoms with Gasteiger partial charge in [0.05, 0.1) is 30.7 Å². The monoisotopic (exact) mass is 385 g/mol. The lowest BCUT2D eigenvalue weighted by Crippen LogP contribution is -2.31. The van der Waals surface area contributed by atoms with Crippen molar-refractivity contribution in [1.82, 2.24) is 20.5 Å². The van der Waals surface area contributed by atoms with E-state index < -0.39 is 0 Å². The fraction of sp³-hybridized carbons (Fsp3) is 0.316. The molecule has 3 aromatic rings. The maximum absolute atomic E-state index is 12.3. The first-order valence-electron chi connectivity index (χ1n) is 8.78. The zero-order chi connectivity index (χ0) is 19.9. The molecule has 0 aliphatic rings. The Bertz CT molecular complexity index is 926. The molecule has 3 N–H and O–H groups in total. The van der Waals surface area contributed by atoms with E-state index in [1.807, 2.05) is 31.2 Å². The molecule has 2 aromatic heterocycles. The number of aromatic amines is 1. The molecule has 1 aromatic carbocycles. The molecule has 0 saturated heterocycles. The largest absolute Gasteiger partial charge is 0.497 e. The van der Waals surface area contributed by atoms with Crippen molar-refractivity contribution in [2.45, 2.75) is 13.0 Å². The Labute approximate surface area is 162 Å². The minimum atomic E-state index is -0.355. The number of urea groups is 1. The molecule has 2 heterocycles. The number of methoxy groups -OCH3 is 2. The zero-order valence-electron chi connectivity index (χ0n) is 16.0. The highest BCUT2D eigenvalue weighted by Gasteiger charge is 2.12.